The van der Waals surface area contributed by atoms with Gasteiger partial charge in [-0.15, -0.1) is 0 Å². The van der Waals surface area contributed by atoms with Crippen LogP contribution in [0.4, 0.5) is 0 Å². The van der Waals surface area contributed by atoms with Crippen LogP contribution in [0.15, 0.2) is 72.3 Å². The van der Waals surface area contributed by atoms with E-state index in [-0.39, 0.29) is 5.04 Å². The molecule has 1 heteroatoms. The molecule has 4 rings (SSSR count). The van der Waals surface area contributed by atoms with Crippen molar-refractivity contribution < 1.29 is 0 Å². The minimum atomic E-state index is -0.785. The molecule has 2 aromatic carbocycles. The lowest BCUT2D eigenvalue weighted by Crippen LogP contribution is -2.51. The summed E-state index contributed by atoms with van der Waals surface area (Å²) in [6.45, 7) is 2.55. The summed E-state index contributed by atoms with van der Waals surface area (Å²) in [5.74, 6) is 0. The monoisotopic (exact) mass is 357 g/mol. The highest BCUT2D eigenvalue weighted by Gasteiger charge is 2.44. The van der Waals surface area contributed by atoms with Crippen molar-refractivity contribution in [2.24, 2.45) is 0 Å². The lowest BCUT2D eigenvalue weighted by molar-refractivity contribution is 0.572. The van der Waals surface area contributed by atoms with Gasteiger partial charge in [-0.1, -0.05) is 103 Å². The van der Waals surface area contributed by atoms with Gasteiger partial charge in [-0.3, -0.25) is 0 Å². The predicted molar refractivity (Wildman–Crippen MR) is 115 cm³/mol. The van der Waals surface area contributed by atoms with Crippen molar-refractivity contribution >= 4 is 20.1 Å². The molecule has 0 heterocycles. The first-order chi connectivity index (χ1) is 12.8. The van der Waals surface area contributed by atoms with E-state index in [0.29, 0.717) is 0 Å². The van der Waals surface area contributed by atoms with E-state index in [4.69, 9.17) is 0 Å². The Hall–Kier alpha value is -1.86. The zero-order valence-corrected chi connectivity index (χ0v) is 16.9. The van der Waals surface area contributed by atoms with Crippen molar-refractivity contribution in [1.29, 1.82) is 0 Å². The molecule has 0 spiro atoms. The van der Waals surface area contributed by atoms with Crippen LogP contribution in [0.5, 0.6) is 0 Å². The average Bonchev–Trinajstić information content (AvgIpc) is 2.67. The van der Waals surface area contributed by atoms with E-state index in [1.54, 1.807) is 16.3 Å². The van der Waals surface area contributed by atoms with Crippen LogP contribution < -0.4 is 5.19 Å². The van der Waals surface area contributed by atoms with Gasteiger partial charge in [-0.05, 0) is 43.2 Å². The maximum absolute atomic E-state index is 2.63. The van der Waals surface area contributed by atoms with Crippen LogP contribution in [0.3, 0.4) is 0 Å². The first-order valence-corrected chi connectivity index (χ1v) is 12.2. The van der Waals surface area contributed by atoms with Gasteiger partial charge in [0.15, 0.2) is 0 Å². The zero-order chi connectivity index (χ0) is 17.8. The molecule has 0 fully saturated rings. The van der Waals surface area contributed by atoms with Crippen LogP contribution in [-0.2, 0) is 5.04 Å². The third-order valence-electron chi connectivity index (χ3n) is 6.33. The van der Waals surface area contributed by atoms with Crippen LogP contribution in [0.25, 0.3) is 6.08 Å². The Morgan fingerprint density at radius 2 is 1.62 bits per heavy atom. The van der Waals surface area contributed by atoms with E-state index in [1.165, 1.54) is 44.1 Å². The smallest absolute Gasteiger partial charge is 0.0847 e. The molecule has 0 bridgehead atoms. The lowest BCUT2D eigenvalue weighted by atomic mass is 9.78. The van der Waals surface area contributed by atoms with Crippen molar-refractivity contribution in [2.45, 2.75) is 56.5 Å². The second-order valence-electron chi connectivity index (χ2n) is 7.77. The summed E-state index contributed by atoms with van der Waals surface area (Å²) in [6, 6.07) is 20.5. The molecule has 1 atom stereocenters. The van der Waals surface area contributed by atoms with Gasteiger partial charge in [0, 0.05) is 5.04 Å². The number of allylic oxidation sites excluding steroid dienone is 3. The van der Waals surface area contributed by atoms with Crippen LogP contribution in [0.1, 0.15) is 56.1 Å². The molecule has 1 unspecified atom stereocenters. The average molecular weight is 358 g/mol. The zero-order valence-electron chi connectivity index (χ0n) is 15.9. The normalized spacial score (nSPS) is 25.1. The van der Waals surface area contributed by atoms with Crippen molar-refractivity contribution in [3.05, 3.63) is 83.4 Å². The molecule has 0 saturated heterocycles. The van der Waals surface area contributed by atoms with E-state index in [9.17, 15) is 0 Å². The fraction of sp³-hybridized carbons (Fsp3) is 0.360. The van der Waals surface area contributed by atoms with Gasteiger partial charge < -0.3 is 0 Å². The Morgan fingerprint density at radius 3 is 2.50 bits per heavy atom. The van der Waals surface area contributed by atoms with Crippen molar-refractivity contribution in [3.63, 3.8) is 0 Å². The van der Waals surface area contributed by atoms with Gasteiger partial charge in [0.05, 0.1) is 8.80 Å². The maximum Gasteiger partial charge on any atom is 0.0992 e. The lowest BCUT2D eigenvalue weighted by Gasteiger charge is -2.44. The fourth-order valence-electron chi connectivity index (χ4n) is 4.92. The second kappa shape index (κ2) is 7.80. The quantitative estimate of drug-likeness (QED) is 0.453. The van der Waals surface area contributed by atoms with Crippen LogP contribution in [-0.4, -0.2) is 8.80 Å². The fourth-order valence-corrected chi connectivity index (χ4v) is 7.87. The summed E-state index contributed by atoms with van der Waals surface area (Å²) in [5, 5.41) is 1.76. The topological polar surface area (TPSA) is 0 Å². The van der Waals surface area contributed by atoms with Gasteiger partial charge in [0.1, 0.15) is 0 Å². The summed E-state index contributed by atoms with van der Waals surface area (Å²) in [4.78, 5) is 0. The largest absolute Gasteiger partial charge is 0.0992 e. The second-order valence-corrected chi connectivity index (χ2v) is 10.5. The number of fused-ring (bicyclic) bond motifs is 1. The molecule has 1 radical (unpaired) electrons. The first-order valence-electron chi connectivity index (χ1n) is 10.2. The highest BCUT2D eigenvalue weighted by Crippen LogP contribution is 2.46. The SMILES string of the molecule is C[Si](c1ccccc1)C1(/C2=C/CCCCCC2)CC=Cc2ccccc21. The summed E-state index contributed by atoms with van der Waals surface area (Å²) in [6.07, 6.45) is 16.6. The van der Waals surface area contributed by atoms with Gasteiger partial charge in [-0.2, -0.15) is 0 Å². The molecule has 0 amide bonds. The van der Waals surface area contributed by atoms with Gasteiger partial charge in [0.2, 0.25) is 0 Å². The third-order valence-corrected chi connectivity index (χ3v) is 9.60. The van der Waals surface area contributed by atoms with Gasteiger partial charge in [0.25, 0.3) is 0 Å². The highest BCUT2D eigenvalue weighted by atomic mass is 28.3. The van der Waals surface area contributed by atoms with Crippen molar-refractivity contribution in [1.82, 2.24) is 0 Å². The molecule has 0 saturated carbocycles. The number of hydrogen-bond donors (Lipinski definition) is 0. The predicted octanol–water partition coefficient (Wildman–Crippen LogP) is 6.19. The maximum atomic E-state index is 2.63. The standard InChI is InChI=1S/C25H29Si/c1-26(23-17-8-5-9-18-23)25(22-15-6-3-2-4-7-16-22)20-12-14-21-13-10-11-19-24(21)25/h5,8-15,17-19H,2-4,6-7,16,20H2,1H3/b22-15+. The summed E-state index contributed by atoms with van der Waals surface area (Å²) in [7, 11) is -0.785. The van der Waals surface area contributed by atoms with Crippen LogP contribution in [0.2, 0.25) is 6.55 Å². The molecule has 0 aromatic heterocycles. The molecular formula is C25H29Si. The molecule has 2 aliphatic rings. The minimum absolute atomic E-state index is 0.203. The molecule has 2 aromatic rings. The minimum Gasteiger partial charge on any atom is -0.0847 e. The molecule has 133 valence electrons. The summed E-state index contributed by atoms with van der Waals surface area (Å²) in [5.41, 5.74) is 4.74. The Kier molecular flexibility index (Phi) is 5.26. The van der Waals surface area contributed by atoms with E-state index in [1.807, 2.05) is 0 Å². The van der Waals surface area contributed by atoms with E-state index < -0.39 is 8.80 Å². The summed E-state index contributed by atoms with van der Waals surface area (Å²) >= 11 is 0. The van der Waals surface area contributed by atoms with Crippen LogP contribution >= 0.6 is 0 Å². The molecule has 0 N–H and O–H groups in total. The van der Waals surface area contributed by atoms with E-state index in [0.717, 1.165) is 6.42 Å². The molecular weight excluding hydrogens is 328 g/mol. The summed E-state index contributed by atoms with van der Waals surface area (Å²) < 4.78 is 0. The van der Waals surface area contributed by atoms with Gasteiger partial charge >= 0.3 is 0 Å². The van der Waals surface area contributed by atoms with Gasteiger partial charge in [-0.25, -0.2) is 0 Å². The Bertz CT molecular complexity index is 802. The van der Waals surface area contributed by atoms with Crippen molar-refractivity contribution in [3.8, 4) is 0 Å². The van der Waals surface area contributed by atoms with E-state index in [2.05, 4.69) is 79.4 Å². The molecule has 26 heavy (non-hydrogen) atoms. The Morgan fingerprint density at radius 1 is 0.846 bits per heavy atom. The number of hydrogen-bond acceptors (Lipinski definition) is 0. The van der Waals surface area contributed by atoms with Crippen molar-refractivity contribution in [2.75, 3.05) is 0 Å². The number of rotatable bonds is 3. The molecule has 0 nitrogen and oxygen atoms in total. The van der Waals surface area contributed by atoms with E-state index >= 15 is 0 Å². The first kappa shape index (κ1) is 17.5. The number of benzene rings is 2. The third kappa shape index (κ3) is 3.14. The molecule has 0 aliphatic heterocycles. The molecule has 2 aliphatic carbocycles. The Balaban J connectivity index is 1.89. The van der Waals surface area contributed by atoms with Crippen LogP contribution in [0, 0.1) is 0 Å². The Labute approximate surface area is 160 Å². The highest BCUT2D eigenvalue weighted by molar-refractivity contribution is 6.75.